The van der Waals surface area contributed by atoms with Gasteiger partial charge in [-0.15, -0.1) is 0 Å². The lowest BCUT2D eigenvalue weighted by Gasteiger charge is -2.53. The summed E-state index contributed by atoms with van der Waals surface area (Å²) in [6, 6.07) is 7.78. The highest BCUT2D eigenvalue weighted by atomic mass is 16.5. The van der Waals surface area contributed by atoms with E-state index in [4.69, 9.17) is 30.3 Å². The molecule has 0 radical (unpaired) electrons. The van der Waals surface area contributed by atoms with Crippen molar-refractivity contribution in [3.05, 3.63) is 29.8 Å². The lowest BCUT2D eigenvalue weighted by molar-refractivity contribution is -0.146. The molecule has 1 aliphatic carbocycles. The minimum Gasteiger partial charge on any atom is -0.508 e. The number of nitrogens with zero attached hydrogens (tertiary/aromatic N) is 2. The summed E-state index contributed by atoms with van der Waals surface area (Å²) in [5, 5.41) is 26.4. The Balaban J connectivity index is 0.000000733. The average molecular weight is 523 g/mol. The number of benzene rings is 1. The first-order chi connectivity index (χ1) is 17.8. The van der Waals surface area contributed by atoms with E-state index in [2.05, 4.69) is 15.1 Å². The molecule has 12 nitrogen and oxygen atoms in total. The zero-order valence-electron chi connectivity index (χ0n) is 21.0. The zero-order valence-corrected chi connectivity index (χ0v) is 21.0. The number of rotatable bonds is 6. The van der Waals surface area contributed by atoms with Crippen LogP contribution >= 0.6 is 0 Å². The number of hydrogen-bond acceptors (Lipinski definition) is 8. The lowest BCUT2D eigenvalue weighted by atomic mass is 9.60. The van der Waals surface area contributed by atoms with Gasteiger partial charge in [-0.1, -0.05) is 12.1 Å². The quantitative estimate of drug-likeness (QED) is 0.321. The highest BCUT2D eigenvalue weighted by Gasteiger charge is 2.52. The molecule has 3 aliphatic rings. The largest absolute Gasteiger partial charge is 0.508 e. The summed E-state index contributed by atoms with van der Waals surface area (Å²) in [6.45, 7) is 5.14. The van der Waals surface area contributed by atoms with E-state index < -0.39 is 11.3 Å². The van der Waals surface area contributed by atoms with Crippen molar-refractivity contribution in [2.24, 2.45) is 17.1 Å². The van der Waals surface area contributed by atoms with Crippen LogP contribution in [0.15, 0.2) is 24.3 Å². The van der Waals surface area contributed by atoms with Crippen LogP contribution in [-0.4, -0.2) is 102 Å². The van der Waals surface area contributed by atoms with Crippen LogP contribution in [-0.2, 0) is 30.5 Å². The SMILES string of the molecule is NC(=O)CNC(=O)[C@@]12CC[C@H](N3CCOCC3)C[C@H]1CCN(Cc1cccc(O)c1)C2.O=CO.O=CO. The van der Waals surface area contributed by atoms with E-state index in [1.165, 1.54) is 0 Å². The second-order valence-electron chi connectivity index (χ2n) is 9.46. The number of nitrogens with two attached hydrogens (primary N) is 1. The van der Waals surface area contributed by atoms with E-state index in [-0.39, 0.29) is 37.1 Å². The minimum atomic E-state index is -0.518. The Hall–Kier alpha value is -3.22. The Morgan fingerprint density at radius 2 is 1.81 bits per heavy atom. The van der Waals surface area contributed by atoms with E-state index in [0.29, 0.717) is 19.1 Å². The van der Waals surface area contributed by atoms with Gasteiger partial charge in [-0.2, -0.15) is 0 Å². The molecule has 2 heterocycles. The summed E-state index contributed by atoms with van der Waals surface area (Å²) in [6.07, 6.45) is 3.73. The van der Waals surface area contributed by atoms with Gasteiger partial charge in [0.25, 0.3) is 12.9 Å². The topological polar surface area (TPSA) is 183 Å². The normalized spacial score (nSPS) is 25.6. The van der Waals surface area contributed by atoms with E-state index in [1.807, 2.05) is 12.1 Å². The molecule has 1 aromatic rings. The number of primary amides is 1. The molecule has 12 heteroatoms. The molecule has 6 N–H and O–H groups in total. The molecule has 3 fully saturated rings. The van der Waals surface area contributed by atoms with Gasteiger partial charge >= 0.3 is 0 Å². The summed E-state index contributed by atoms with van der Waals surface area (Å²) in [7, 11) is 0. The molecular formula is C25H38N4O8. The number of piperidine rings is 1. The van der Waals surface area contributed by atoms with E-state index in [0.717, 1.165) is 64.1 Å². The van der Waals surface area contributed by atoms with E-state index in [9.17, 15) is 14.7 Å². The molecule has 206 valence electrons. The van der Waals surface area contributed by atoms with Gasteiger partial charge in [-0.05, 0) is 55.8 Å². The molecule has 1 aromatic carbocycles. The molecule has 0 bridgehead atoms. The third kappa shape index (κ3) is 8.69. The number of fused-ring (bicyclic) bond motifs is 1. The van der Waals surface area contributed by atoms with Gasteiger partial charge < -0.3 is 31.1 Å². The number of ether oxygens (including phenoxy) is 1. The third-order valence-corrected chi connectivity index (χ3v) is 7.32. The van der Waals surface area contributed by atoms with Crippen molar-refractivity contribution in [3.8, 4) is 5.75 Å². The molecule has 0 unspecified atom stereocenters. The Morgan fingerprint density at radius 1 is 1.14 bits per heavy atom. The Kier molecular flexibility index (Phi) is 12.3. The van der Waals surface area contributed by atoms with Crippen molar-refractivity contribution in [2.75, 3.05) is 45.9 Å². The predicted octanol–water partition coefficient (Wildman–Crippen LogP) is 0.0883. The number of carboxylic acid groups (broad SMARTS) is 2. The van der Waals surface area contributed by atoms with Gasteiger partial charge in [0.1, 0.15) is 5.75 Å². The molecular weight excluding hydrogens is 484 g/mol. The van der Waals surface area contributed by atoms with Gasteiger partial charge in [-0.25, -0.2) is 0 Å². The second kappa shape index (κ2) is 15.1. The molecule has 1 saturated carbocycles. The first-order valence-electron chi connectivity index (χ1n) is 12.3. The van der Waals surface area contributed by atoms with Crippen LogP contribution in [0.5, 0.6) is 5.75 Å². The molecule has 2 amide bonds. The van der Waals surface area contributed by atoms with Crippen LogP contribution in [0.1, 0.15) is 31.2 Å². The lowest BCUT2D eigenvalue weighted by Crippen LogP contribution is -2.61. The Labute approximate surface area is 216 Å². The smallest absolute Gasteiger partial charge is 0.290 e. The van der Waals surface area contributed by atoms with Gasteiger partial charge in [0.2, 0.25) is 11.8 Å². The van der Waals surface area contributed by atoms with Gasteiger partial charge in [0.15, 0.2) is 0 Å². The van der Waals surface area contributed by atoms with Crippen molar-refractivity contribution in [2.45, 2.75) is 38.3 Å². The highest BCUT2D eigenvalue weighted by molar-refractivity contribution is 5.88. The van der Waals surface area contributed by atoms with Crippen molar-refractivity contribution < 1.29 is 39.2 Å². The number of aromatic hydroxyl groups is 1. The van der Waals surface area contributed by atoms with Gasteiger partial charge in [0, 0.05) is 32.2 Å². The summed E-state index contributed by atoms with van der Waals surface area (Å²) in [4.78, 5) is 46.2. The van der Waals surface area contributed by atoms with Crippen molar-refractivity contribution in [1.82, 2.24) is 15.1 Å². The number of carbonyl (C=O) groups excluding carboxylic acids is 2. The summed E-state index contributed by atoms with van der Waals surface area (Å²) < 4.78 is 5.51. The summed E-state index contributed by atoms with van der Waals surface area (Å²) in [5.74, 6) is -0.0252. The first kappa shape index (κ1) is 30.0. The number of phenols is 1. The minimum absolute atomic E-state index is 0.0441. The predicted molar refractivity (Wildman–Crippen MR) is 134 cm³/mol. The Morgan fingerprint density at radius 3 is 2.43 bits per heavy atom. The van der Waals surface area contributed by atoms with Gasteiger partial charge in [-0.3, -0.25) is 29.0 Å². The molecule has 0 spiro atoms. The fourth-order valence-corrected chi connectivity index (χ4v) is 5.76. The van der Waals surface area contributed by atoms with Crippen LogP contribution in [0.25, 0.3) is 0 Å². The fourth-order valence-electron chi connectivity index (χ4n) is 5.76. The molecule has 37 heavy (non-hydrogen) atoms. The number of likely N-dealkylation sites (tertiary alicyclic amines) is 1. The fraction of sp³-hybridized carbons (Fsp3) is 0.600. The standard InChI is InChI=1S/C23H34N4O4.2CH2O2/c24-21(29)14-25-22(30)23-6-4-19(27-8-10-31-11-9-27)13-18(23)5-7-26(16-23)15-17-2-1-3-20(28)12-17;2*2-1-3/h1-3,12,18-19,28H,4-11,13-16H2,(H2,24,29)(H,25,30);2*1H,(H,2,3)/t18-,19+,23-;;/m1../s1. The second-order valence-corrected chi connectivity index (χ2v) is 9.46. The number of hydrogen-bond donors (Lipinski definition) is 5. The maximum absolute atomic E-state index is 13.4. The molecule has 4 rings (SSSR count). The number of morpholine rings is 1. The number of phenolic OH excluding ortho intramolecular Hbond substituents is 1. The van der Waals surface area contributed by atoms with Crippen LogP contribution in [0.4, 0.5) is 0 Å². The summed E-state index contributed by atoms with van der Waals surface area (Å²) >= 11 is 0. The van der Waals surface area contributed by atoms with Crippen LogP contribution < -0.4 is 11.1 Å². The first-order valence-corrected chi connectivity index (χ1v) is 12.3. The van der Waals surface area contributed by atoms with E-state index in [1.54, 1.807) is 12.1 Å². The van der Waals surface area contributed by atoms with E-state index >= 15 is 0 Å². The molecule has 3 atom stereocenters. The van der Waals surface area contributed by atoms with Crippen LogP contribution in [0.3, 0.4) is 0 Å². The van der Waals surface area contributed by atoms with Crippen molar-refractivity contribution >= 4 is 24.8 Å². The summed E-state index contributed by atoms with van der Waals surface area (Å²) in [5.41, 5.74) is 5.82. The van der Waals surface area contributed by atoms with Crippen LogP contribution in [0.2, 0.25) is 0 Å². The molecule has 2 saturated heterocycles. The third-order valence-electron chi connectivity index (χ3n) is 7.32. The van der Waals surface area contributed by atoms with Crippen molar-refractivity contribution in [1.29, 1.82) is 0 Å². The maximum Gasteiger partial charge on any atom is 0.290 e. The average Bonchev–Trinajstić information content (AvgIpc) is 2.88. The monoisotopic (exact) mass is 522 g/mol. The maximum atomic E-state index is 13.4. The zero-order chi connectivity index (χ0) is 27.3. The Bertz CT molecular complexity index is 889. The number of amides is 2. The van der Waals surface area contributed by atoms with Crippen LogP contribution in [0, 0.1) is 11.3 Å². The highest BCUT2D eigenvalue weighted by Crippen LogP contribution is 2.48. The van der Waals surface area contributed by atoms with Gasteiger partial charge in [0.05, 0.1) is 25.2 Å². The molecule has 2 aliphatic heterocycles. The number of nitrogens with one attached hydrogen (secondary N) is 1. The molecule has 0 aromatic heterocycles. The van der Waals surface area contributed by atoms with Crippen molar-refractivity contribution in [3.63, 3.8) is 0 Å². The number of carbonyl (C=O) groups is 4.